The Morgan fingerprint density at radius 3 is 2.10 bits per heavy atom. The molecular weight excluding hydrogens is 278 g/mol. The number of aromatic hydroxyl groups is 1. The Morgan fingerprint density at radius 2 is 1.43 bits per heavy atom. The van der Waals surface area contributed by atoms with Crippen molar-refractivity contribution in [2.75, 3.05) is 5.73 Å². The third-order valence-electron chi connectivity index (χ3n) is 2.98. The number of nitrogen functional groups attached to an aromatic ring is 1. The van der Waals surface area contributed by atoms with E-state index in [1.165, 1.54) is 11.8 Å². The average molecular weight is 297 g/mol. The molecule has 0 atom stereocenters. The van der Waals surface area contributed by atoms with Crippen molar-refractivity contribution >= 4 is 28.2 Å². The fourth-order valence-corrected chi connectivity index (χ4v) is 2.99. The zero-order valence-corrected chi connectivity index (χ0v) is 13.0. The number of benzene rings is 3. The molecule has 0 amide bonds. The van der Waals surface area contributed by atoms with E-state index in [2.05, 4.69) is 0 Å². The van der Waals surface area contributed by atoms with Gasteiger partial charge < -0.3 is 10.8 Å². The number of nitrogens with two attached hydrogens (primary N) is 1. The Morgan fingerprint density at radius 1 is 0.857 bits per heavy atom. The molecule has 2 nitrogen and oxygen atoms in total. The fourth-order valence-electron chi connectivity index (χ4n) is 2.05. The summed E-state index contributed by atoms with van der Waals surface area (Å²) >= 11 is 1.51. The summed E-state index contributed by atoms with van der Waals surface area (Å²) in [5, 5.41) is 12.0. The van der Waals surface area contributed by atoms with E-state index in [-0.39, 0.29) is 0 Å². The standard InChI is InChI=1S/C16H13NOS.C2H6/c17-14-10-15(19-11-6-2-1-3-7-11)16(18)13-9-5-4-8-12(13)14;1-2/h1-10,18H,17H2;1-2H3. The van der Waals surface area contributed by atoms with E-state index < -0.39 is 0 Å². The second-order valence-electron chi connectivity index (χ2n) is 4.27. The Kier molecular flexibility index (Phi) is 5.12. The van der Waals surface area contributed by atoms with Crippen LogP contribution in [0.15, 0.2) is 70.5 Å². The van der Waals surface area contributed by atoms with Crippen LogP contribution in [0.2, 0.25) is 0 Å². The molecule has 3 heteroatoms. The quantitative estimate of drug-likeness (QED) is 0.498. The van der Waals surface area contributed by atoms with Crippen LogP contribution >= 0.6 is 11.8 Å². The first-order valence-electron chi connectivity index (χ1n) is 6.99. The predicted octanol–water partition coefficient (Wildman–Crippen LogP) is 5.31. The van der Waals surface area contributed by atoms with Gasteiger partial charge in [-0.05, 0) is 18.2 Å². The van der Waals surface area contributed by atoms with Crippen LogP contribution < -0.4 is 5.73 Å². The Hall–Kier alpha value is -2.13. The molecule has 0 heterocycles. The SMILES string of the molecule is CC.Nc1cc(Sc2ccccc2)c(O)c2ccccc12. The van der Waals surface area contributed by atoms with Crippen LogP contribution in [0.3, 0.4) is 0 Å². The van der Waals surface area contributed by atoms with Crippen molar-refractivity contribution in [2.45, 2.75) is 23.6 Å². The number of anilines is 1. The zero-order valence-electron chi connectivity index (χ0n) is 12.2. The van der Waals surface area contributed by atoms with Gasteiger partial charge in [-0.1, -0.05) is 68.1 Å². The molecule has 0 unspecified atom stereocenters. The van der Waals surface area contributed by atoms with E-state index >= 15 is 0 Å². The van der Waals surface area contributed by atoms with E-state index in [4.69, 9.17) is 5.73 Å². The summed E-state index contributed by atoms with van der Waals surface area (Å²) in [7, 11) is 0. The van der Waals surface area contributed by atoms with Crippen molar-refractivity contribution in [2.24, 2.45) is 0 Å². The van der Waals surface area contributed by atoms with E-state index in [0.29, 0.717) is 11.4 Å². The van der Waals surface area contributed by atoms with Gasteiger partial charge in [-0.25, -0.2) is 0 Å². The molecular formula is C18H19NOS. The molecule has 0 bridgehead atoms. The summed E-state index contributed by atoms with van der Waals surface area (Å²) in [6, 6.07) is 19.4. The summed E-state index contributed by atoms with van der Waals surface area (Å²) in [6.07, 6.45) is 0. The summed E-state index contributed by atoms with van der Waals surface area (Å²) in [5.41, 5.74) is 6.74. The lowest BCUT2D eigenvalue weighted by Crippen LogP contribution is -1.89. The molecule has 0 aliphatic carbocycles. The van der Waals surface area contributed by atoms with Crippen LogP contribution in [0.1, 0.15) is 13.8 Å². The molecule has 0 fully saturated rings. The van der Waals surface area contributed by atoms with Crippen molar-refractivity contribution in [1.29, 1.82) is 0 Å². The zero-order chi connectivity index (χ0) is 15.2. The molecule has 3 aromatic carbocycles. The summed E-state index contributed by atoms with van der Waals surface area (Å²) < 4.78 is 0. The van der Waals surface area contributed by atoms with Gasteiger partial charge in [-0.15, -0.1) is 0 Å². The maximum absolute atomic E-state index is 10.4. The van der Waals surface area contributed by atoms with Gasteiger partial charge >= 0.3 is 0 Å². The molecule has 0 radical (unpaired) electrons. The molecule has 0 saturated carbocycles. The van der Waals surface area contributed by atoms with Crippen molar-refractivity contribution in [3.05, 3.63) is 60.7 Å². The summed E-state index contributed by atoms with van der Waals surface area (Å²) in [6.45, 7) is 4.00. The lowest BCUT2D eigenvalue weighted by molar-refractivity contribution is 0.469. The van der Waals surface area contributed by atoms with Crippen molar-refractivity contribution in [3.8, 4) is 5.75 Å². The topological polar surface area (TPSA) is 46.2 Å². The van der Waals surface area contributed by atoms with Gasteiger partial charge in [0.15, 0.2) is 0 Å². The van der Waals surface area contributed by atoms with Crippen molar-refractivity contribution in [1.82, 2.24) is 0 Å². The maximum atomic E-state index is 10.4. The smallest absolute Gasteiger partial charge is 0.137 e. The van der Waals surface area contributed by atoms with Crippen LogP contribution in [0.5, 0.6) is 5.75 Å². The predicted molar refractivity (Wildman–Crippen MR) is 91.9 cm³/mol. The maximum Gasteiger partial charge on any atom is 0.137 e. The lowest BCUT2D eigenvalue weighted by Gasteiger charge is -2.10. The minimum absolute atomic E-state index is 0.290. The monoisotopic (exact) mass is 297 g/mol. The molecule has 0 spiro atoms. The first kappa shape index (κ1) is 15.3. The second kappa shape index (κ2) is 7.04. The van der Waals surface area contributed by atoms with Crippen molar-refractivity contribution < 1.29 is 5.11 Å². The number of hydrogen-bond donors (Lipinski definition) is 2. The molecule has 108 valence electrons. The summed E-state index contributed by atoms with van der Waals surface area (Å²) in [4.78, 5) is 1.86. The minimum Gasteiger partial charge on any atom is -0.506 e. The van der Waals surface area contributed by atoms with Gasteiger partial charge in [0.05, 0.1) is 4.90 Å². The highest BCUT2D eigenvalue weighted by Gasteiger charge is 2.10. The van der Waals surface area contributed by atoms with Gasteiger partial charge in [-0.2, -0.15) is 0 Å². The van der Waals surface area contributed by atoms with Crippen LogP contribution in [0.4, 0.5) is 5.69 Å². The molecule has 21 heavy (non-hydrogen) atoms. The van der Waals surface area contributed by atoms with Crippen LogP contribution in [-0.4, -0.2) is 5.11 Å². The Labute approximate surface area is 129 Å². The Bertz CT molecular complexity index is 726. The average Bonchev–Trinajstić information content (AvgIpc) is 2.55. The normalized spacial score (nSPS) is 10.0. The van der Waals surface area contributed by atoms with Gasteiger partial charge in [-0.3, -0.25) is 0 Å². The highest BCUT2D eigenvalue weighted by molar-refractivity contribution is 7.99. The summed E-state index contributed by atoms with van der Waals surface area (Å²) in [5.74, 6) is 0.290. The van der Waals surface area contributed by atoms with E-state index in [1.807, 2.05) is 74.5 Å². The number of phenolic OH excluding ortho intramolecular Hbond substituents is 1. The molecule has 3 N–H and O–H groups in total. The highest BCUT2D eigenvalue weighted by Crippen LogP contribution is 2.41. The highest BCUT2D eigenvalue weighted by atomic mass is 32.2. The van der Waals surface area contributed by atoms with E-state index in [9.17, 15) is 5.11 Å². The first-order chi connectivity index (χ1) is 10.3. The molecule has 0 saturated heterocycles. The van der Waals surface area contributed by atoms with Gasteiger partial charge in [0.25, 0.3) is 0 Å². The number of hydrogen-bond acceptors (Lipinski definition) is 3. The van der Waals surface area contributed by atoms with Gasteiger partial charge in [0.2, 0.25) is 0 Å². The van der Waals surface area contributed by atoms with Crippen molar-refractivity contribution in [3.63, 3.8) is 0 Å². The number of rotatable bonds is 2. The lowest BCUT2D eigenvalue weighted by atomic mass is 10.1. The molecule has 0 aliphatic heterocycles. The molecule has 3 rings (SSSR count). The minimum atomic E-state index is 0.290. The third-order valence-corrected chi connectivity index (χ3v) is 4.02. The molecule has 0 aromatic heterocycles. The number of fused-ring (bicyclic) bond motifs is 1. The first-order valence-corrected chi connectivity index (χ1v) is 7.80. The van der Waals surface area contributed by atoms with Gasteiger partial charge in [0.1, 0.15) is 5.75 Å². The largest absolute Gasteiger partial charge is 0.506 e. The third kappa shape index (κ3) is 3.31. The van der Waals surface area contributed by atoms with Crippen LogP contribution in [0.25, 0.3) is 10.8 Å². The van der Waals surface area contributed by atoms with Gasteiger partial charge in [0, 0.05) is 21.4 Å². The van der Waals surface area contributed by atoms with E-state index in [1.54, 1.807) is 0 Å². The van der Waals surface area contributed by atoms with E-state index in [0.717, 1.165) is 20.6 Å². The fraction of sp³-hybridized carbons (Fsp3) is 0.111. The molecule has 3 aromatic rings. The second-order valence-corrected chi connectivity index (χ2v) is 5.39. The van der Waals surface area contributed by atoms with Crippen LogP contribution in [-0.2, 0) is 0 Å². The molecule has 0 aliphatic rings. The Balaban J connectivity index is 0.000000774. The van der Waals surface area contributed by atoms with Crippen LogP contribution in [0, 0.1) is 0 Å². The number of phenols is 1.